The van der Waals surface area contributed by atoms with Crippen molar-refractivity contribution < 1.29 is 9.53 Å². The molecule has 0 saturated carbocycles. The van der Waals surface area contributed by atoms with Crippen LogP contribution in [0.3, 0.4) is 0 Å². The van der Waals surface area contributed by atoms with Crippen molar-refractivity contribution in [1.29, 1.82) is 5.26 Å². The van der Waals surface area contributed by atoms with E-state index in [2.05, 4.69) is 23.1 Å². The number of nitriles is 1. The second kappa shape index (κ2) is 8.50. The molecule has 0 unspecified atom stereocenters. The van der Waals surface area contributed by atoms with Crippen LogP contribution in [0.2, 0.25) is 0 Å². The number of rotatable bonds is 5. The van der Waals surface area contributed by atoms with Crippen molar-refractivity contribution >= 4 is 5.91 Å². The Bertz CT molecular complexity index is 805. The molecule has 0 aliphatic carbocycles. The molecule has 0 spiro atoms. The molecule has 134 valence electrons. The van der Waals surface area contributed by atoms with Gasteiger partial charge in [0.15, 0.2) is 0 Å². The van der Waals surface area contributed by atoms with Crippen LogP contribution in [0.15, 0.2) is 48.5 Å². The quantitative estimate of drug-likeness (QED) is 0.832. The van der Waals surface area contributed by atoms with Gasteiger partial charge >= 0.3 is 0 Å². The van der Waals surface area contributed by atoms with E-state index in [1.165, 1.54) is 5.56 Å². The van der Waals surface area contributed by atoms with Crippen LogP contribution < -0.4 is 4.74 Å². The molecule has 5 heteroatoms. The first kappa shape index (κ1) is 18.0. The molecular formula is C21H23N3O2. The summed E-state index contributed by atoms with van der Waals surface area (Å²) in [5.41, 5.74) is 2.37. The lowest BCUT2D eigenvalue weighted by Gasteiger charge is -2.34. The average molecular weight is 349 g/mol. The number of nitrogens with zero attached hydrogens (tertiary/aromatic N) is 3. The minimum Gasteiger partial charge on any atom is -0.497 e. The Labute approximate surface area is 154 Å². The standard InChI is InChI=1S/C21H23N3O2/c1-26-20-7-3-4-17(15-20)8-9-23-10-12-24(13-11-23)21(25)19-6-2-5-18(14-19)16-22/h2-7,14-15H,8-13H2,1H3. The van der Waals surface area contributed by atoms with E-state index in [-0.39, 0.29) is 5.91 Å². The van der Waals surface area contributed by atoms with Crippen LogP contribution in [0, 0.1) is 11.3 Å². The fourth-order valence-corrected chi connectivity index (χ4v) is 3.19. The first-order chi connectivity index (χ1) is 12.7. The van der Waals surface area contributed by atoms with Crippen molar-refractivity contribution in [3.8, 4) is 11.8 Å². The Morgan fingerprint density at radius 2 is 1.88 bits per heavy atom. The first-order valence-electron chi connectivity index (χ1n) is 8.84. The average Bonchev–Trinajstić information content (AvgIpc) is 2.72. The van der Waals surface area contributed by atoms with Crippen LogP contribution in [0.5, 0.6) is 5.75 Å². The summed E-state index contributed by atoms with van der Waals surface area (Å²) in [7, 11) is 1.68. The SMILES string of the molecule is COc1cccc(CCN2CCN(C(=O)c3cccc(C#N)c3)CC2)c1. The van der Waals surface area contributed by atoms with Gasteiger partial charge in [0.25, 0.3) is 5.91 Å². The van der Waals surface area contributed by atoms with Crippen molar-refractivity contribution in [3.05, 3.63) is 65.2 Å². The van der Waals surface area contributed by atoms with Gasteiger partial charge in [-0.2, -0.15) is 5.26 Å². The molecular weight excluding hydrogens is 326 g/mol. The number of benzene rings is 2. The topological polar surface area (TPSA) is 56.6 Å². The maximum absolute atomic E-state index is 12.6. The van der Waals surface area contributed by atoms with Crippen LogP contribution >= 0.6 is 0 Å². The van der Waals surface area contributed by atoms with Crippen molar-refractivity contribution in [2.75, 3.05) is 39.8 Å². The monoisotopic (exact) mass is 349 g/mol. The number of carbonyl (C=O) groups is 1. The lowest BCUT2D eigenvalue weighted by atomic mass is 10.1. The highest BCUT2D eigenvalue weighted by Gasteiger charge is 2.22. The van der Waals surface area contributed by atoms with Gasteiger partial charge < -0.3 is 9.64 Å². The smallest absolute Gasteiger partial charge is 0.253 e. The first-order valence-corrected chi connectivity index (χ1v) is 8.84. The molecule has 1 fully saturated rings. The van der Waals surface area contributed by atoms with Gasteiger partial charge in [-0.3, -0.25) is 9.69 Å². The summed E-state index contributed by atoms with van der Waals surface area (Å²) < 4.78 is 5.27. The van der Waals surface area contributed by atoms with Crippen molar-refractivity contribution in [3.63, 3.8) is 0 Å². The molecule has 26 heavy (non-hydrogen) atoms. The number of carbonyl (C=O) groups excluding carboxylic acids is 1. The molecule has 1 heterocycles. The normalized spacial score (nSPS) is 14.7. The van der Waals surface area contributed by atoms with Gasteiger partial charge in [0.1, 0.15) is 5.75 Å². The Morgan fingerprint density at radius 1 is 1.12 bits per heavy atom. The summed E-state index contributed by atoms with van der Waals surface area (Å²) in [6.45, 7) is 4.14. The van der Waals surface area contributed by atoms with E-state index < -0.39 is 0 Å². The van der Waals surface area contributed by atoms with E-state index in [1.807, 2.05) is 17.0 Å². The molecule has 0 aromatic heterocycles. The molecule has 0 N–H and O–H groups in total. The predicted octanol–water partition coefficient (Wildman–Crippen LogP) is 2.57. The Kier molecular flexibility index (Phi) is 5.88. The van der Waals surface area contributed by atoms with Gasteiger partial charge in [0.2, 0.25) is 0 Å². The van der Waals surface area contributed by atoms with Crippen LogP contribution in [0.4, 0.5) is 0 Å². The predicted molar refractivity (Wildman–Crippen MR) is 100 cm³/mol. The number of amides is 1. The molecule has 1 aliphatic rings. The van der Waals surface area contributed by atoms with E-state index in [0.717, 1.165) is 31.8 Å². The second-order valence-corrected chi connectivity index (χ2v) is 6.43. The lowest BCUT2D eigenvalue weighted by molar-refractivity contribution is 0.0638. The number of methoxy groups -OCH3 is 1. The summed E-state index contributed by atoms with van der Waals surface area (Å²) in [4.78, 5) is 16.9. The van der Waals surface area contributed by atoms with Gasteiger partial charge in [-0.15, -0.1) is 0 Å². The molecule has 0 radical (unpaired) electrons. The fourth-order valence-electron chi connectivity index (χ4n) is 3.19. The molecule has 3 rings (SSSR count). The van der Waals surface area contributed by atoms with Gasteiger partial charge in [-0.1, -0.05) is 18.2 Å². The minimum absolute atomic E-state index is 0.00884. The Balaban J connectivity index is 1.50. The third-order valence-corrected chi connectivity index (χ3v) is 4.75. The third kappa shape index (κ3) is 4.41. The van der Waals surface area contributed by atoms with Crippen molar-refractivity contribution in [2.24, 2.45) is 0 Å². The van der Waals surface area contributed by atoms with Crippen LogP contribution in [-0.2, 0) is 6.42 Å². The number of hydrogen-bond acceptors (Lipinski definition) is 4. The fraction of sp³-hybridized carbons (Fsp3) is 0.333. The van der Waals surface area contributed by atoms with Gasteiger partial charge in [0.05, 0.1) is 18.7 Å². The van der Waals surface area contributed by atoms with E-state index in [9.17, 15) is 4.79 Å². The highest BCUT2D eigenvalue weighted by Crippen LogP contribution is 2.14. The zero-order valence-corrected chi connectivity index (χ0v) is 15.0. The van der Waals surface area contributed by atoms with E-state index in [1.54, 1.807) is 31.4 Å². The number of hydrogen-bond donors (Lipinski definition) is 0. The number of piperazine rings is 1. The zero-order valence-electron chi connectivity index (χ0n) is 15.0. The van der Waals surface area contributed by atoms with E-state index >= 15 is 0 Å². The molecule has 1 amide bonds. The summed E-state index contributed by atoms with van der Waals surface area (Å²) in [5.74, 6) is 0.895. The van der Waals surface area contributed by atoms with E-state index in [0.29, 0.717) is 24.2 Å². The lowest BCUT2D eigenvalue weighted by Crippen LogP contribution is -2.49. The third-order valence-electron chi connectivity index (χ3n) is 4.75. The molecule has 0 bridgehead atoms. The summed E-state index contributed by atoms with van der Waals surface area (Å²) in [6.07, 6.45) is 0.968. The molecule has 0 atom stereocenters. The molecule has 1 aliphatic heterocycles. The molecule has 5 nitrogen and oxygen atoms in total. The summed E-state index contributed by atoms with van der Waals surface area (Å²) in [6, 6.07) is 17.2. The molecule has 2 aromatic carbocycles. The van der Waals surface area contributed by atoms with Crippen LogP contribution in [-0.4, -0.2) is 55.5 Å². The zero-order chi connectivity index (χ0) is 18.4. The van der Waals surface area contributed by atoms with Crippen molar-refractivity contribution in [2.45, 2.75) is 6.42 Å². The number of ether oxygens (including phenoxy) is 1. The Hall–Kier alpha value is -2.84. The van der Waals surface area contributed by atoms with Gasteiger partial charge in [-0.25, -0.2) is 0 Å². The highest BCUT2D eigenvalue weighted by atomic mass is 16.5. The van der Waals surface area contributed by atoms with Crippen LogP contribution in [0.25, 0.3) is 0 Å². The largest absolute Gasteiger partial charge is 0.497 e. The molecule has 2 aromatic rings. The molecule has 1 saturated heterocycles. The summed E-state index contributed by atoms with van der Waals surface area (Å²) in [5, 5.41) is 8.99. The Morgan fingerprint density at radius 3 is 2.62 bits per heavy atom. The van der Waals surface area contributed by atoms with Gasteiger partial charge in [-0.05, 0) is 42.3 Å². The van der Waals surface area contributed by atoms with E-state index in [4.69, 9.17) is 10.00 Å². The van der Waals surface area contributed by atoms with Gasteiger partial charge in [0, 0.05) is 38.3 Å². The maximum Gasteiger partial charge on any atom is 0.253 e. The van der Waals surface area contributed by atoms with Crippen LogP contribution in [0.1, 0.15) is 21.5 Å². The maximum atomic E-state index is 12.6. The summed E-state index contributed by atoms with van der Waals surface area (Å²) >= 11 is 0. The van der Waals surface area contributed by atoms with Crippen molar-refractivity contribution in [1.82, 2.24) is 9.80 Å². The minimum atomic E-state index is 0.00884. The second-order valence-electron chi connectivity index (χ2n) is 6.43. The highest BCUT2D eigenvalue weighted by molar-refractivity contribution is 5.94.